The Morgan fingerprint density at radius 1 is 1.19 bits per heavy atom. The summed E-state index contributed by atoms with van der Waals surface area (Å²) in [5.74, 6) is -0.250. The molecule has 1 amide bonds. The molecule has 2 aromatic carbocycles. The molecule has 3 aromatic rings. The first-order valence-corrected chi connectivity index (χ1v) is 8.77. The van der Waals surface area contributed by atoms with Gasteiger partial charge in [-0.25, -0.2) is 10.1 Å². The summed E-state index contributed by atoms with van der Waals surface area (Å²) in [6.45, 7) is 1.78. The molecule has 1 heterocycles. The standard InChI is InChI=1S/C19H17BrN4O2/c1-13-17(19(26)24(23-13)16-5-3-2-4-6-16)12-21-22-18(25)11-14-7-9-15(20)10-8-14/h2-10,12,23H,11H2,1H3,(H,22,25)/b21-12-. The second-order valence-electron chi connectivity index (χ2n) is 5.72. The smallest absolute Gasteiger partial charge is 0.280 e. The van der Waals surface area contributed by atoms with E-state index in [9.17, 15) is 9.59 Å². The average Bonchev–Trinajstić information content (AvgIpc) is 2.92. The number of aromatic amines is 1. The predicted octanol–water partition coefficient (Wildman–Crippen LogP) is 2.93. The van der Waals surface area contributed by atoms with Crippen LogP contribution in [0.15, 0.2) is 69.0 Å². The van der Waals surface area contributed by atoms with Gasteiger partial charge in [-0.2, -0.15) is 5.10 Å². The van der Waals surface area contributed by atoms with Crippen molar-refractivity contribution in [1.82, 2.24) is 15.2 Å². The number of halogens is 1. The Balaban J connectivity index is 1.69. The SMILES string of the molecule is Cc1[nH]n(-c2ccccc2)c(=O)c1/C=N\NC(=O)Cc1ccc(Br)cc1. The minimum atomic E-state index is -0.250. The van der Waals surface area contributed by atoms with Gasteiger partial charge in [-0.1, -0.05) is 46.3 Å². The van der Waals surface area contributed by atoms with Gasteiger partial charge in [-0.15, -0.1) is 0 Å². The molecule has 0 bridgehead atoms. The van der Waals surface area contributed by atoms with E-state index >= 15 is 0 Å². The molecule has 1 aromatic heterocycles. The topological polar surface area (TPSA) is 79.2 Å². The van der Waals surface area contributed by atoms with Crippen molar-refractivity contribution in [3.05, 3.63) is 86.2 Å². The fourth-order valence-electron chi connectivity index (χ4n) is 2.47. The Labute approximate surface area is 158 Å². The molecule has 0 fully saturated rings. The number of para-hydroxylation sites is 1. The summed E-state index contributed by atoms with van der Waals surface area (Å²) in [6.07, 6.45) is 1.58. The Hall–Kier alpha value is -2.93. The van der Waals surface area contributed by atoms with Crippen molar-refractivity contribution in [2.45, 2.75) is 13.3 Å². The molecule has 0 aliphatic heterocycles. The molecule has 0 aliphatic carbocycles. The molecule has 0 atom stereocenters. The number of hydrogen-bond donors (Lipinski definition) is 2. The number of nitrogens with one attached hydrogen (secondary N) is 2. The third-order valence-electron chi connectivity index (χ3n) is 3.79. The largest absolute Gasteiger partial charge is 0.295 e. The van der Waals surface area contributed by atoms with Crippen molar-refractivity contribution in [3.8, 4) is 5.69 Å². The molecule has 2 N–H and O–H groups in total. The third kappa shape index (κ3) is 4.18. The van der Waals surface area contributed by atoms with E-state index in [0.29, 0.717) is 11.3 Å². The number of hydrogen-bond acceptors (Lipinski definition) is 3. The predicted molar refractivity (Wildman–Crippen MR) is 105 cm³/mol. The molecule has 7 heteroatoms. The van der Waals surface area contributed by atoms with Gasteiger partial charge in [0.15, 0.2) is 0 Å². The number of H-pyrrole nitrogens is 1. The van der Waals surface area contributed by atoms with Gasteiger partial charge >= 0.3 is 0 Å². The van der Waals surface area contributed by atoms with Gasteiger partial charge in [0.1, 0.15) is 0 Å². The molecule has 3 rings (SSSR count). The highest BCUT2D eigenvalue weighted by Gasteiger charge is 2.10. The molecule has 0 unspecified atom stereocenters. The van der Waals surface area contributed by atoms with Gasteiger partial charge in [0.05, 0.1) is 23.9 Å². The molecule has 6 nitrogen and oxygen atoms in total. The molecule has 132 valence electrons. The maximum absolute atomic E-state index is 12.5. The maximum Gasteiger partial charge on any atom is 0.280 e. The molecule has 0 saturated carbocycles. The summed E-state index contributed by atoms with van der Waals surface area (Å²) in [7, 11) is 0. The molecule has 0 saturated heterocycles. The highest BCUT2D eigenvalue weighted by Crippen LogP contribution is 2.10. The highest BCUT2D eigenvalue weighted by molar-refractivity contribution is 9.10. The van der Waals surface area contributed by atoms with Gasteiger partial charge < -0.3 is 0 Å². The summed E-state index contributed by atoms with van der Waals surface area (Å²) >= 11 is 3.35. The maximum atomic E-state index is 12.5. The van der Waals surface area contributed by atoms with E-state index in [2.05, 4.69) is 31.6 Å². The zero-order chi connectivity index (χ0) is 18.5. The van der Waals surface area contributed by atoms with Crippen LogP contribution >= 0.6 is 15.9 Å². The highest BCUT2D eigenvalue weighted by atomic mass is 79.9. The number of carbonyl (C=O) groups excluding carboxylic acids is 1. The minimum absolute atomic E-state index is 0.213. The normalized spacial score (nSPS) is 11.0. The number of benzene rings is 2. The Morgan fingerprint density at radius 3 is 2.58 bits per heavy atom. The number of carbonyl (C=O) groups is 1. The summed E-state index contributed by atoms with van der Waals surface area (Å²) in [4.78, 5) is 24.5. The lowest BCUT2D eigenvalue weighted by Crippen LogP contribution is -2.21. The number of nitrogens with zero attached hydrogens (tertiary/aromatic N) is 2. The zero-order valence-corrected chi connectivity index (χ0v) is 15.7. The van der Waals surface area contributed by atoms with Crippen LogP contribution in [0, 0.1) is 6.92 Å². The Kier molecular flexibility index (Phi) is 5.48. The van der Waals surface area contributed by atoms with Crippen molar-refractivity contribution in [2.75, 3.05) is 0 Å². The molecule has 0 radical (unpaired) electrons. The molecular weight excluding hydrogens is 396 g/mol. The van der Waals surface area contributed by atoms with E-state index in [1.54, 1.807) is 6.92 Å². The van der Waals surface area contributed by atoms with E-state index in [1.807, 2.05) is 54.6 Å². The van der Waals surface area contributed by atoms with E-state index in [-0.39, 0.29) is 17.9 Å². The van der Waals surface area contributed by atoms with Crippen molar-refractivity contribution >= 4 is 28.1 Å². The number of aromatic nitrogens is 2. The molecule has 26 heavy (non-hydrogen) atoms. The summed E-state index contributed by atoms with van der Waals surface area (Å²) in [6, 6.07) is 16.7. The van der Waals surface area contributed by atoms with Crippen LogP contribution in [0.4, 0.5) is 0 Å². The van der Waals surface area contributed by atoms with E-state index in [4.69, 9.17) is 0 Å². The lowest BCUT2D eigenvalue weighted by molar-refractivity contribution is -0.120. The lowest BCUT2D eigenvalue weighted by atomic mass is 10.1. The average molecular weight is 413 g/mol. The van der Waals surface area contributed by atoms with Crippen LogP contribution in [0.3, 0.4) is 0 Å². The van der Waals surface area contributed by atoms with Crippen LogP contribution in [0.5, 0.6) is 0 Å². The first kappa shape index (κ1) is 17.9. The van der Waals surface area contributed by atoms with Gasteiger partial charge in [0.2, 0.25) is 5.91 Å². The van der Waals surface area contributed by atoms with Crippen molar-refractivity contribution < 1.29 is 4.79 Å². The van der Waals surface area contributed by atoms with Crippen LogP contribution in [-0.4, -0.2) is 21.9 Å². The second-order valence-corrected chi connectivity index (χ2v) is 6.64. The van der Waals surface area contributed by atoms with Crippen molar-refractivity contribution in [2.24, 2.45) is 5.10 Å². The number of aryl methyl sites for hydroxylation is 1. The summed E-state index contributed by atoms with van der Waals surface area (Å²) in [5.41, 5.74) is 4.92. The first-order valence-electron chi connectivity index (χ1n) is 7.98. The second kappa shape index (κ2) is 7.97. The number of rotatable bonds is 5. The summed E-state index contributed by atoms with van der Waals surface area (Å²) < 4.78 is 2.40. The number of hydrazone groups is 1. The monoisotopic (exact) mass is 412 g/mol. The van der Waals surface area contributed by atoms with Crippen LogP contribution in [0.2, 0.25) is 0 Å². The van der Waals surface area contributed by atoms with Crippen LogP contribution < -0.4 is 11.0 Å². The van der Waals surface area contributed by atoms with Crippen LogP contribution in [0.1, 0.15) is 16.8 Å². The minimum Gasteiger partial charge on any atom is -0.295 e. The van der Waals surface area contributed by atoms with Crippen molar-refractivity contribution in [3.63, 3.8) is 0 Å². The van der Waals surface area contributed by atoms with Crippen LogP contribution in [-0.2, 0) is 11.2 Å². The summed E-state index contributed by atoms with van der Waals surface area (Å²) in [5, 5.41) is 6.93. The van der Waals surface area contributed by atoms with Gasteiger partial charge in [-0.05, 0) is 36.8 Å². The molecular formula is C19H17BrN4O2. The fraction of sp³-hybridized carbons (Fsp3) is 0.105. The molecule has 0 aliphatic rings. The van der Waals surface area contributed by atoms with E-state index < -0.39 is 0 Å². The van der Waals surface area contributed by atoms with Crippen LogP contribution in [0.25, 0.3) is 5.69 Å². The van der Waals surface area contributed by atoms with E-state index in [1.165, 1.54) is 10.9 Å². The fourth-order valence-corrected chi connectivity index (χ4v) is 2.73. The quantitative estimate of drug-likeness (QED) is 0.498. The van der Waals surface area contributed by atoms with Gasteiger partial charge in [0, 0.05) is 10.2 Å². The zero-order valence-electron chi connectivity index (χ0n) is 14.1. The first-order chi connectivity index (χ1) is 12.5. The van der Waals surface area contributed by atoms with Gasteiger partial charge in [-0.3, -0.25) is 14.7 Å². The Morgan fingerprint density at radius 2 is 1.88 bits per heavy atom. The third-order valence-corrected chi connectivity index (χ3v) is 4.32. The lowest BCUT2D eigenvalue weighted by Gasteiger charge is -2.00. The van der Waals surface area contributed by atoms with E-state index in [0.717, 1.165) is 15.7 Å². The molecule has 0 spiro atoms. The Bertz CT molecular complexity index is 989. The van der Waals surface area contributed by atoms with Crippen molar-refractivity contribution in [1.29, 1.82) is 0 Å². The van der Waals surface area contributed by atoms with Gasteiger partial charge in [0.25, 0.3) is 5.56 Å². The number of amides is 1.